The van der Waals surface area contributed by atoms with Crippen LogP contribution in [0.4, 0.5) is 5.69 Å². The van der Waals surface area contributed by atoms with E-state index in [-0.39, 0.29) is 12.2 Å². The first kappa shape index (κ1) is 24.7. The van der Waals surface area contributed by atoms with Crippen LogP contribution in [0, 0.1) is 11.3 Å². The van der Waals surface area contributed by atoms with Gasteiger partial charge in [0.2, 0.25) is 0 Å². The summed E-state index contributed by atoms with van der Waals surface area (Å²) in [5.41, 5.74) is 2.00. The highest BCUT2D eigenvalue weighted by Gasteiger charge is 2.11. The topological polar surface area (TPSA) is 71.3 Å². The molecule has 168 valence electrons. The maximum atomic E-state index is 12.5. The Labute approximate surface area is 210 Å². The number of carbonyl (C=O) groups excluding carboxylic acids is 1. The van der Waals surface area contributed by atoms with E-state index in [0.29, 0.717) is 43.9 Å². The Balaban J connectivity index is 1.68. The van der Waals surface area contributed by atoms with Crippen LogP contribution >= 0.6 is 39.1 Å². The van der Waals surface area contributed by atoms with E-state index in [4.69, 9.17) is 32.7 Å². The zero-order valence-corrected chi connectivity index (χ0v) is 20.7. The number of carbonyl (C=O) groups is 1. The average molecular weight is 546 g/mol. The molecule has 1 N–H and O–H groups in total. The molecule has 0 saturated carbocycles. The van der Waals surface area contributed by atoms with Gasteiger partial charge in [0.25, 0.3) is 5.91 Å². The Morgan fingerprint density at radius 2 is 1.85 bits per heavy atom. The summed E-state index contributed by atoms with van der Waals surface area (Å²) in [5, 5.41) is 13.3. The normalized spacial score (nSPS) is 10.9. The van der Waals surface area contributed by atoms with Gasteiger partial charge in [0.15, 0.2) is 0 Å². The molecule has 0 bridgehead atoms. The highest BCUT2D eigenvalue weighted by Crippen LogP contribution is 2.29. The second kappa shape index (κ2) is 11.8. The molecule has 0 aromatic heterocycles. The van der Waals surface area contributed by atoms with E-state index >= 15 is 0 Å². The third-order valence-corrected chi connectivity index (χ3v) is 5.66. The smallest absolute Gasteiger partial charge is 0.266 e. The number of rotatable bonds is 8. The minimum absolute atomic E-state index is 0.0302. The standard InChI is InChI=1S/C25H19BrCl2N2O3/c1-2-32-21-8-6-20(7-9-21)30-25(31)18(14-29)11-16-3-10-24(22(26)12-16)33-15-17-4-5-19(27)13-23(17)28/h3-13H,2,15H2,1H3,(H,30,31)/b18-11-. The third kappa shape index (κ3) is 7.00. The largest absolute Gasteiger partial charge is 0.494 e. The molecule has 0 spiro atoms. The number of benzene rings is 3. The molecule has 3 rings (SSSR count). The van der Waals surface area contributed by atoms with Crippen molar-refractivity contribution in [3.63, 3.8) is 0 Å². The maximum absolute atomic E-state index is 12.5. The SMILES string of the molecule is CCOc1ccc(NC(=O)/C(C#N)=C\c2ccc(OCc3ccc(Cl)cc3Cl)c(Br)c2)cc1. The van der Waals surface area contributed by atoms with Gasteiger partial charge >= 0.3 is 0 Å². The van der Waals surface area contributed by atoms with Gasteiger partial charge in [0.05, 0.1) is 11.1 Å². The minimum Gasteiger partial charge on any atom is -0.494 e. The lowest BCUT2D eigenvalue weighted by molar-refractivity contribution is -0.112. The average Bonchev–Trinajstić information content (AvgIpc) is 2.79. The third-order valence-electron chi connectivity index (χ3n) is 4.45. The molecule has 0 unspecified atom stereocenters. The summed E-state index contributed by atoms with van der Waals surface area (Å²) in [6.45, 7) is 2.71. The quantitative estimate of drug-likeness (QED) is 0.238. The van der Waals surface area contributed by atoms with E-state index in [9.17, 15) is 10.1 Å². The summed E-state index contributed by atoms with van der Waals surface area (Å²) >= 11 is 15.6. The molecule has 8 heteroatoms. The predicted molar refractivity (Wildman–Crippen MR) is 135 cm³/mol. The zero-order chi connectivity index (χ0) is 23.8. The molecule has 0 saturated heterocycles. The van der Waals surface area contributed by atoms with Gasteiger partial charge in [-0.05, 0) is 83.0 Å². The second-order valence-electron chi connectivity index (χ2n) is 6.80. The van der Waals surface area contributed by atoms with Crippen LogP contribution in [0.2, 0.25) is 10.0 Å². The highest BCUT2D eigenvalue weighted by molar-refractivity contribution is 9.10. The van der Waals surface area contributed by atoms with Crippen LogP contribution in [0.3, 0.4) is 0 Å². The summed E-state index contributed by atoms with van der Waals surface area (Å²) < 4.78 is 11.9. The van der Waals surface area contributed by atoms with Gasteiger partial charge in [-0.2, -0.15) is 5.26 Å². The zero-order valence-electron chi connectivity index (χ0n) is 17.6. The number of amides is 1. The summed E-state index contributed by atoms with van der Waals surface area (Å²) in [4.78, 5) is 12.5. The van der Waals surface area contributed by atoms with Crippen molar-refractivity contribution in [1.82, 2.24) is 0 Å². The molecule has 1 amide bonds. The molecule has 0 heterocycles. The summed E-state index contributed by atoms with van der Waals surface area (Å²) in [5.74, 6) is 0.794. The molecular formula is C25H19BrCl2N2O3. The Morgan fingerprint density at radius 3 is 2.48 bits per heavy atom. The number of nitrogens with one attached hydrogen (secondary N) is 1. The van der Waals surface area contributed by atoms with Crippen molar-refractivity contribution in [2.75, 3.05) is 11.9 Å². The van der Waals surface area contributed by atoms with Crippen molar-refractivity contribution in [3.05, 3.63) is 91.9 Å². The number of halogens is 3. The van der Waals surface area contributed by atoms with Crippen LogP contribution < -0.4 is 14.8 Å². The van der Waals surface area contributed by atoms with E-state index in [0.717, 1.165) is 5.56 Å². The Kier molecular flexibility index (Phi) is 8.79. The fourth-order valence-corrected chi connectivity index (χ4v) is 3.81. The fourth-order valence-electron chi connectivity index (χ4n) is 2.83. The van der Waals surface area contributed by atoms with Gasteiger partial charge in [-0.3, -0.25) is 4.79 Å². The molecule has 0 aliphatic carbocycles. The van der Waals surface area contributed by atoms with E-state index < -0.39 is 5.91 Å². The van der Waals surface area contributed by atoms with Gasteiger partial charge in [0.1, 0.15) is 29.7 Å². The second-order valence-corrected chi connectivity index (χ2v) is 8.49. The molecule has 33 heavy (non-hydrogen) atoms. The van der Waals surface area contributed by atoms with Crippen LogP contribution in [-0.4, -0.2) is 12.5 Å². The van der Waals surface area contributed by atoms with Crippen LogP contribution in [0.5, 0.6) is 11.5 Å². The van der Waals surface area contributed by atoms with Crippen molar-refractivity contribution in [2.45, 2.75) is 13.5 Å². The van der Waals surface area contributed by atoms with E-state index in [1.165, 1.54) is 6.08 Å². The summed E-state index contributed by atoms with van der Waals surface area (Å²) in [6.07, 6.45) is 1.51. The molecule has 5 nitrogen and oxygen atoms in total. The number of anilines is 1. The van der Waals surface area contributed by atoms with Crippen LogP contribution in [-0.2, 0) is 11.4 Å². The molecule has 0 aliphatic rings. The van der Waals surface area contributed by atoms with Gasteiger partial charge in [0, 0.05) is 21.3 Å². The van der Waals surface area contributed by atoms with E-state index in [1.807, 2.05) is 13.0 Å². The van der Waals surface area contributed by atoms with Crippen LogP contribution in [0.1, 0.15) is 18.1 Å². The van der Waals surface area contributed by atoms with Crippen molar-refractivity contribution >= 4 is 56.8 Å². The van der Waals surface area contributed by atoms with Crippen molar-refractivity contribution in [3.8, 4) is 17.6 Å². The molecule has 0 atom stereocenters. The lowest BCUT2D eigenvalue weighted by atomic mass is 10.1. The summed E-state index contributed by atoms with van der Waals surface area (Å²) in [6, 6.07) is 19.4. The van der Waals surface area contributed by atoms with Gasteiger partial charge in [-0.15, -0.1) is 0 Å². The first-order chi connectivity index (χ1) is 15.9. The fraction of sp³-hybridized carbons (Fsp3) is 0.120. The Bertz CT molecular complexity index is 1220. The van der Waals surface area contributed by atoms with Gasteiger partial charge < -0.3 is 14.8 Å². The van der Waals surface area contributed by atoms with Crippen molar-refractivity contribution in [2.24, 2.45) is 0 Å². The summed E-state index contributed by atoms with van der Waals surface area (Å²) in [7, 11) is 0. The molecular weight excluding hydrogens is 527 g/mol. The molecule has 3 aromatic carbocycles. The van der Waals surface area contributed by atoms with Gasteiger partial charge in [-0.1, -0.05) is 35.3 Å². The van der Waals surface area contributed by atoms with E-state index in [1.54, 1.807) is 60.7 Å². The monoisotopic (exact) mass is 544 g/mol. The first-order valence-corrected chi connectivity index (χ1v) is 11.5. The molecule has 3 aromatic rings. The maximum Gasteiger partial charge on any atom is 0.266 e. The molecule has 0 fully saturated rings. The molecule has 0 aliphatic heterocycles. The number of hydrogen-bond acceptors (Lipinski definition) is 4. The van der Waals surface area contributed by atoms with E-state index in [2.05, 4.69) is 21.2 Å². The lowest BCUT2D eigenvalue weighted by Gasteiger charge is -2.10. The highest BCUT2D eigenvalue weighted by atomic mass is 79.9. The number of ether oxygens (including phenoxy) is 2. The number of nitriles is 1. The minimum atomic E-state index is -0.504. The van der Waals surface area contributed by atoms with Crippen molar-refractivity contribution < 1.29 is 14.3 Å². The Morgan fingerprint density at radius 1 is 1.09 bits per heavy atom. The van der Waals surface area contributed by atoms with Crippen molar-refractivity contribution in [1.29, 1.82) is 5.26 Å². The molecule has 0 radical (unpaired) electrons. The number of nitrogens with zero attached hydrogens (tertiary/aromatic N) is 1. The predicted octanol–water partition coefficient (Wildman–Crippen LogP) is 7.28. The number of hydrogen-bond donors (Lipinski definition) is 1. The van der Waals surface area contributed by atoms with Crippen LogP contribution in [0.15, 0.2) is 70.7 Å². The first-order valence-electron chi connectivity index (χ1n) is 9.92. The Hall–Kier alpha value is -2.98. The lowest BCUT2D eigenvalue weighted by Crippen LogP contribution is -2.13. The van der Waals surface area contributed by atoms with Crippen LogP contribution in [0.25, 0.3) is 6.08 Å². The van der Waals surface area contributed by atoms with Gasteiger partial charge in [-0.25, -0.2) is 0 Å².